The molecule has 0 bridgehead atoms. The van der Waals surface area contributed by atoms with Crippen molar-refractivity contribution in [1.82, 2.24) is 9.55 Å². The van der Waals surface area contributed by atoms with Crippen molar-refractivity contribution >= 4 is 34.3 Å². The van der Waals surface area contributed by atoms with Gasteiger partial charge in [-0.05, 0) is 61.0 Å². The summed E-state index contributed by atoms with van der Waals surface area (Å²) < 4.78 is 14.9. The quantitative estimate of drug-likeness (QED) is 0.283. The molecule has 0 radical (unpaired) electrons. The Kier molecular flexibility index (Phi) is 7.04. The molecule has 1 amide bonds. The molecule has 0 spiro atoms. The van der Waals surface area contributed by atoms with E-state index in [0.717, 1.165) is 17.3 Å². The maximum absolute atomic E-state index is 13.4. The van der Waals surface area contributed by atoms with E-state index in [-0.39, 0.29) is 30.2 Å². The average Bonchev–Trinajstić information content (AvgIpc) is 2.84. The van der Waals surface area contributed by atoms with Gasteiger partial charge in [0.25, 0.3) is 5.56 Å². The van der Waals surface area contributed by atoms with Crippen LogP contribution in [0.4, 0.5) is 10.1 Å². The summed E-state index contributed by atoms with van der Waals surface area (Å²) in [6.07, 6.45) is 0.135. The molecule has 4 aromatic rings. The monoisotopic (exact) mass is 472 g/mol. The van der Waals surface area contributed by atoms with Gasteiger partial charge in [-0.2, -0.15) is 5.26 Å². The largest absolute Gasteiger partial charge is 0.311 e. The fraction of sp³-hybridized carbons (Fsp3) is 0.154. The molecule has 0 aliphatic heterocycles. The number of benzene rings is 3. The van der Waals surface area contributed by atoms with E-state index in [2.05, 4.69) is 4.98 Å². The van der Waals surface area contributed by atoms with Gasteiger partial charge in [0.2, 0.25) is 5.91 Å². The van der Waals surface area contributed by atoms with Gasteiger partial charge in [-0.3, -0.25) is 14.2 Å². The van der Waals surface area contributed by atoms with Crippen LogP contribution < -0.4 is 10.5 Å². The molecule has 0 saturated heterocycles. The molecule has 0 saturated carbocycles. The molecule has 4 rings (SSSR count). The average molecular weight is 473 g/mol. The maximum atomic E-state index is 13.4. The van der Waals surface area contributed by atoms with Crippen molar-refractivity contribution in [3.05, 3.63) is 94.5 Å². The van der Waals surface area contributed by atoms with Crippen LogP contribution in [-0.2, 0) is 4.79 Å². The Morgan fingerprint density at radius 1 is 1.12 bits per heavy atom. The lowest BCUT2D eigenvalue weighted by Gasteiger charge is -2.22. The lowest BCUT2D eigenvalue weighted by atomic mass is 10.2. The standard InChI is InChI=1S/C26H21FN4O2S/c1-18-6-4-7-21(16-18)31-25(33)22-8-2-3-9-23(22)29-26(31)34-17-24(32)30(15-5-14-28)20-12-10-19(27)11-13-20/h2-4,6-13,16H,5,15,17H2,1H3. The molecule has 3 aromatic carbocycles. The number of nitriles is 1. The van der Waals surface area contributed by atoms with Crippen LogP contribution >= 0.6 is 11.8 Å². The predicted molar refractivity (Wildman–Crippen MR) is 132 cm³/mol. The molecule has 1 heterocycles. The van der Waals surface area contributed by atoms with Crippen molar-refractivity contribution in [2.75, 3.05) is 17.2 Å². The van der Waals surface area contributed by atoms with Crippen molar-refractivity contribution in [1.29, 1.82) is 5.26 Å². The van der Waals surface area contributed by atoms with Crippen molar-refractivity contribution < 1.29 is 9.18 Å². The Labute approximate surface area is 200 Å². The van der Waals surface area contributed by atoms with Crippen molar-refractivity contribution in [2.45, 2.75) is 18.5 Å². The van der Waals surface area contributed by atoms with E-state index in [1.54, 1.807) is 18.2 Å². The highest BCUT2D eigenvalue weighted by atomic mass is 32.2. The third-order valence-corrected chi connectivity index (χ3v) is 6.14. The number of anilines is 1. The summed E-state index contributed by atoms with van der Waals surface area (Å²) >= 11 is 1.15. The second-order valence-corrected chi connectivity index (χ2v) is 8.55. The van der Waals surface area contributed by atoms with Gasteiger partial charge in [0.05, 0.1) is 34.8 Å². The first-order chi connectivity index (χ1) is 16.5. The van der Waals surface area contributed by atoms with Crippen LogP contribution in [0, 0.1) is 24.1 Å². The molecule has 8 heteroatoms. The zero-order valence-electron chi connectivity index (χ0n) is 18.4. The van der Waals surface area contributed by atoms with Crippen LogP contribution in [0.1, 0.15) is 12.0 Å². The molecule has 34 heavy (non-hydrogen) atoms. The topological polar surface area (TPSA) is 79.0 Å². The number of hydrogen-bond donors (Lipinski definition) is 0. The zero-order valence-corrected chi connectivity index (χ0v) is 19.3. The third-order valence-electron chi connectivity index (χ3n) is 5.22. The molecule has 1 aromatic heterocycles. The Morgan fingerprint density at radius 3 is 2.62 bits per heavy atom. The van der Waals surface area contributed by atoms with Crippen LogP contribution in [0.3, 0.4) is 0 Å². The number of fused-ring (bicyclic) bond motifs is 1. The molecule has 0 fully saturated rings. The molecular formula is C26H21FN4O2S. The van der Waals surface area contributed by atoms with Gasteiger partial charge in [-0.15, -0.1) is 0 Å². The maximum Gasteiger partial charge on any atom is 0.266 e. The second kappa shape index (κ2) is 10.3. The van der Waals surface area contributed by atoms with Gasteiger partial charge < -0.3 is 4.90 Å². The molecular weight excluding hydrogens is 451 g/mol. The lowest BCUT2D eigenvalue weighted by molar-refractivity contribution is -0.116. The second-order valence-electron chi connectivity index (χ2n) is 7.61. The van der Waals surface area contributed by atoms with E-state index in [1.807, 2.05) is 43.3 Å². The highest BCUT2D eigenvalue weighted by Crippen LogP contribution is 2.24. The number of hydrogen-bond acceptors (Lipinski definition) is 5. The molecule has 0 aliphatic carbocycles. The smallest absolute Gasteiger partial charge is 0.266 e. The number of nitrogens with zero attached hydrogens (tertiary/aromatic N) is 4. The number of carbonyl (C=O) groups excluding carboxylic acids is 1. The Balaban J connectivity index is 1.70. The van der Waals surface area contributed by atoms with Crippen molar-refractivity contribution in [3.63, 3.8) is 0 Å². The molecule has 0 unspecified atom stereocenters. The molecule has 0 atom stereocenters. The number of thioether (sulfide) groups is 1. The highest BCUT2D eigenvalue weighted by Gasteiger charge is 2.19. The van der Waals surface area contributed by atoms with Gasteiger partial charge in [-0.1, -0.05) is 36.0 Å². The lowest BCUT2D eigenvalue weighted by Crippen LogP contribution is -2.33. The van der Waals surface area contributed by atoms with Crippen LogP contribution in [-0.4, -0.2) is 27.8 Å². The first-order valence-electron chi connectivity index (χ1n) is 10.6. The predicted octanol–water partition coefficient (Wildman–Crippen LogP) is 4.87. The van der Waals surface area contributed by atoms with Crippen molar-refractivity contribution in [2.24, 2.45) is 0 Å². The van der Waals surface area contributed by atoms with Gasteiger partial charge >= 0.3 is 0 Å². The SMILES string of the molecule is Cc1cccc(-n2c(SCC(=O)N(CCC#N)c3ccc(F)cc3)nc3ccccc3c2=O)c1. The van der Waals surface area contributed by atoms with E-state index >= 15 is 0 Å². The van der Waals surface area contributed by atoms with Crippen LogP contribution in [0.25, 0.3) is 16.6 Å². The summed E-state index contributed by atoms with van der Waals surface area (Å²) in [6.45, 7) is 2.12. The van der Waals surface area contributed by atoms with Crippen LogP contribution in [0.2, 0.25) is 0 Å². The summed E-state index contributed by atoms with van der Waals surface area (Å²) in [7, 11) is 0. The summed E-state index contributed by atoms with van der Waals surface area (Å²) in [4.78, 5) is 32.6. The normalized spacial score (nSPS) is 10.7. The Bertz CT molecular complexity index is 1440. The number of amides is 1. The van der Waals surface area contributed by atoms with Gasteiger partial charge in [0.1, 0.15) is 5.82 Å². The molecule has 0 aliphatic rings. The summed E-state index contributed by atoms with van der Waals surface area (Å²) in [5, 5.41) is 9.89. The van der Waals surface area contributed by atoms with E-state index in [4.69, 9.17) is 5.26 Å². The molecule has 170 valence electrons. The summed E-state index contributed by atoms with van der Waals surface area (Å²) in [5.74, 6) is -0.697. The van der Waals surface area contributed by atoms with E-state index < -0.39 is 5.82 Å². The first-order valence-corrected chi connectivity index (χ1v) is 11.6. The Morgan fingerprint density at radius 2 is 1.88 bits per heavy atom. The summed E-state index contributed by atoms with van der Waals surface area (Å²) in [5.41, 5.74) is 2.49. The number of para-hydroxylation sites is 1. The molecule has 6 nitrogen and oxygen atoms in total. The number of aryl methyl sites for hydroxylation is 1. The first kappa shape index (κ1) is 23.2. The summed E-state index contributed by atoms with van der Waals surface area (Å²) in [6, 6.07) is 22.2. The van der Waals surface area contributed by atoms with Gasteiger partial charge in [0.15, 0.2) is 5.16 Å². The van der Waals surface area contributed by atoms with Crippen LogP contribution in [0.15, 0.2) is 82.7 Å². The van der Waals surface area contributed by atoms with Gasteiger partial charge in [0, 0.05) is 12.2 Å². The molecule has 0 N–H and O–H groups in total. The van der Waals surface area contributed by atoms with Gasteiger partial charge in [-0.25, -0.2) is 9.37 Å². The van der Waals surface area contributed by atoms with Crippen molar-refractivity contribution in [3.8, 4) is 11.8 Å². The number of rotatable bonds is 7. The number of carbonyl (C=O) groups is 1. The number of halogens is 1. The minimum Gasteiger partial charge on any atom is -0.311 e. The fourth-order valence-corrected chi connectivity index (χ4v) is 4.48. The fourth-order valence-electron chi connectivity index (χ4n) is 3.59. The van der Waals surface area contributed by atoms with Crippen LogP contribution in [0.5, 0.6) is 0 Å². The highest BCUT2D eigenvalue weighted by molar-refractivity contribution is 7.99. The third kappa shape index (κ3) is 5.00. The van der Waals surface area contributed by atoms with E-state index in [9.17, 15) is 14.0 Å². The minimum absolute atomic E-state index is 0.0145. The minimum atomic E-state index is -0.409. The number of aromatic nitrogens is 2. The Hall–Kier alpha value is -3.96. The van der Waals surface area contributed by atoms with E-state index in [0.29, 0.717) is 27.4 Å². The zero-order chi connectivity index (χ0) is 24.1. The van der Waals surface area contributed by atoms with E-state index in [1.165, 1.54) is 33.7 Å².